The molecule has 2 rings (SSSR count). The zero-order valence-corrected chi connectivity index (χ0v) is 13.7. The van der Waals surface area contributed by atoms with E-state index in [9.17, 15) is 9.18 Å². The molecule has 0 radical (unpaired) electrons. The Morgan fingerprint density at radius 1 is 1.32 bits per heavy atom. The van der Waals surface area contributed by atoms with Crippen LogP contribution in [0.5, 0.6) is 0 Å². The van der Waals surface area contributed by atoms with Crippen LogP contribution < -0.4 is 5.32 Å². The predicted octanol–water partition coefficient (Wildman–Crippen LogP) is 1.86. The second kappa shape index (κ2) is 7.70. The van der Waals surface area contributed by atoms with E-state index in [1.807, 2.05) is 26.0 Å². The monoisotopic (exact) mass is 307 g/mol. The van der Waals surface area contributed by atoms with Crippen LogP contribution in [0.15, 0.2) is 24.3 Å². The highest BCUT2D eigenvalue weighted by molar-refractivity contribution is 5.78. The number of amides is 1. The molecule has 0 bridgehead atoms. The Bertz CT molecular complexity index is 489. The Morgan fingerprint density at radius 3 is 2.59 bits per heavy atom. The molecule has 0 unspecified atom stereocenters. The molecule has 1 saturated heterocycles. The average molecular weight is 307 g/mol. The van der Waals surface area contributed by atoms with E-state index in [0.717, 1.165) is 31.7 Å². The summed E-state index contributed by atoms with van der Waals surface area (Å²) in [4.78, 5) is 16.4. The first kappa shape index (κ1) is 16.9. The second-order valence-electron chi connectivity index (χ2n) is 6.40. The highest BCUT2D eigenvalue weighted by Gasteiger charge is 2.25. The minimum Gasteiger partial charge on any atom is -0.353 e. The smallest absolute Gasteiger partial charge is 0.234 e. The maximum atomic E-state index is 12.9. The molecule has 1 heterocycles. The lowest BCUT2D eigenvalue weighted by Gasteiger charge is -2.39. The van der Waals surface area contributed by atoms with Crippen molar-refractivity contribution >= 4 is 5.91 Å². The van der Waals surface area contributed by atoms with Crippen LogP contribution in [0.4, 0.5) is 4.39 Å². The van der Waals surface area contributed by atoms with Crippen LogP contribution in [0.25, 0.3) is 0 Å². The Hall–Kier alpha value is -1.46. The summed E-state index contributed by atoms with van der Waals surface area (Å²) >= 11 is 0. The first-order chi connectivity index (χ1) is 10.4. The molecule has 1 atom stereocenters. The molecule has 4 nitrogen and oxygen atoms in total. The fourth-order valence-electron chi connectivity index (χ4n) is 2.85. The molecule has 122 valence electrons. The first-order valence-corrected chi connectivity index (χ1v) is 7.94. The highest BCUT2D eigenvalue weighted by atomic mass is 19.1. The van der Waals surface area contributed by atoms with Gasteiger partial charge in [0.2, 0.25) is 5.91 Å². The molecule has 0 saturated carbocycles. The van der Waals surface area contributed by atoms with E-state index >= 15 is 0 Å². The molecule has 1 aliphatic heterocycles. The predicted molar refractivity (Wildman–Crippen MR) is 86.0 cm³/mol. The fraction of sp³-hybridized carbons (Fsp3) is 0.588. The number of hydrogen-bond donors (Lipinski definition) is 1. The van der Waals surface area contributed by atoms with Crippen molar-refractivity contribution in [2.45, 2.75) is 39.4 Å². The average Bonchev–Trinajstić information content (AvgIpc) is 2.43. The van der Waals surface area contributed by atoms with Crippen LogP contribution in [-0.2, 0) is 11.3 Å². The minimum atomic E-state index is -0.196. The van der Waals surface area contributed by atoms with Crippen molar-refractivity contribution in [3.63, 3.8) is 0 Å². The van der Waals surface area contributed by atoms with Gasteiger partial charge in [-0.2, -0.15) is 0 Å². The van der Waals surface area contributed by atoms with Crippen molar-refractivity contribution in [1.82, 2.24) is 15.1 Å². The number of halogens is 1. The van der Waals surface area contributed by atoms with Crippen molar-refractivity contribution < 1.29 is 9.18 Å². The molecule has 0 aromatic heterocycles. The Kier molecular flexibility index (Phi) is 5.91. The summed E-state index contributed by atoms with van der Waals surface area (Å²) in [6.07, 6.45) is 0. The minimum absolute atomic E-state index is 0.0915. The third kappa shape index (κ3) is 5.07. The number of benzene rings is 1. The summed E-state index contributed by atoms with van der Waals surface area (Å²) in [5.41, 5.74) is 1.12. The molecule has 1 aromatic carbocycles. The van der Waals surface area contributed by atoms with E-state index in [1.165, 1.54) is 12.1 Å². The van der Waals surface area contributed by atoms with E-state index in [2.05, 4.69) is 22.0 Å². The normalized spacial score (nSPS) is 20.3. The van der Waals surface area contributed by atoms with Crippen LogP contribution in [0, 0.1) is 5.82 Å². The topological polar surface area (TPSA) is 35.6 Å². The Morgan fingerprint density at radius 2 is 2.00 bits per heavy atom. The lowest BCUT2D eigenvalue weighted by atomic mass is 10.1. The standard InChI is InChI=1S/C17H26FN3O/c1-13(2)19-17(22)12-21-9-8-20(10-14(21)3)11-15-4-6-16(18)7-5-15/h4-7,13-14H,8-12H2,1-3H3,(H,19,22)/t14-/m0/s1. The van der Waals surface area contributed by atoms with Gasteiger partial charge in [-0.25, -0.2) is 4.39 Å². The van der Waals surface area contributed by atoms with Crippen molar-refractivity contribution in [2.75, 3.05) is 26.2 Å². The summed E-state index contributed by atoms with van der Waals surface area (Å²) in [6.45, 7) is 10.1. The summed E-state index contributed by atoms with van der Waals surface area (Å²) < 4.78 is 12.9. The maximum absolute atomic E-state index is 12.9. The lowest BCUT2D eigenvalue weighted by Crippen LogP contribution is -2.54. The number of nitrogens with one attached hydrogen (secondary N) is 1. The van der Waals surface area contributed by atoms with E-state index < -0.39 is 0 Å². The van der Waals surface area contributed by atoms with Crippen molar-refractivity contribution in [1.29, 1.82) is 0 Å². The second-order valence-corrected chi connectivity index (χ2v) is 6.40. The number of hydrogen-bond acceptors (Lipinski definition) is 3. The van der Waals surface area contributed by atoms with Gasteiger partial charge in [-0.3, -0.25) is 14.6 Å². The Balaban J connectivity index is 1.82. The van der Waals surface area contributed by atoms with E-state index in [1.54, 1.807) is 0 Å². The number of carbonyl (C=O) groups is 1. The van der Waals surface area contributed by atoms with Crippen molar-refractivity contribution in [2.24, 2.45) is 0 Å². The summed E-state index contributed by atoms with van der Waals surface area (Å²) in [7, 11) is 0. The molecule has 1 aromatic rings. The Labute approximate surface area is 132 Å². The van der Waals surface area contributed by atoms with Crippen LogP contribution >= 0.6 is 0 Å². The summed E-state index contributed by atoms with van der Waals surface area (Å²) in [5, 5.41) is 2.94. The quantitative estimate of drug-likeness (QED) is 0.902. The number of rotatable bonds is 5. The van der Waals surface area contributed by atoms with Crippen LogP contribution in [0.3, 0.4) is 0 Å². The lowest BCUT2D eigenvalue weighted by molar-refractivity contribution is -0.123. The van der Waals surface area contributed by atoms with Gasteiger partial charge >= 0.3 is 0 Å². The van der Waals surface area contributed by atoms with Gasteiger partial charge < -0.3 is 5.32 Å². The molecular formula is C17H26FN3O. The molecule has 1 aliphatic rings. The third-order valence-electron chi connectivity index (χ3n) is 3.97. The van der Waals surface area contributed by atoms with Crippen molar-refractivity contribution in [3.8, 4) is 0 Å². The molecule has 0 aliphatic carbocycles. The molecule has 1 amide bonds. The first-order valence-electron chi connectivity index (χ1n) is 7.94. The molecule has 1 fully saturated rings. The van der Waals surface area contributed by atoms with Gasteiger partial charge in [0.15, 0.2) is 0 Å². The van der Waals surface area contributed by atoms with E-state index in [0.29, 0.717) is 12.6 Å². The van der Waals surface area contributed by atoms with E-state index in [-0.39, 0.29) is 17.8 Å². The zero-order valence-electron chi connectivity index (χ0n) is 13.7. The van der Waals surface area contributed by atoms with Gasteiger partial charge in [-0.15, -0.1) is 0 Å². The largest absolute Gasteiger partial charge is 0.353 e. The zero-order chi connectivity index (χ0) is 16.1. The van der Waals surface area contributed by atoms with Gasteiger partial charge in [-0.1, -0.05) is 12.1 Å². The van der Waals surface area contributed by atoms with Crippen LogP contribution in [-0.4, -0.2) is 54.0 Å². The molecule has 1 N–H and O–H groups in total. The van der Waals surface area contributed by atoms with Gasteiger partial charge in [0, 0.05) is 38.3 Å². The highest BCUT2D eigenvalue weighted by Crippen LogP contribution is 2.13. The fourth-order valence-corrected chi connectivity index (χ4v) is 2.85. The number of carbonyl (C=O) groups excluding carboxylic acids is 1. The van der Waals surface area contributed by atoms with Crippen molar-refractivity contribution in [3.05, 3.63) is 35.6 Å². The van der Waals surface area contributed by atoms with Gasteiger partial charge in [-0.05, 0) is 38.5 Å². The molecular weight excluding hydrogens is 281 g/mol. The maximum Gasteiger partial charge on any atom is 0.234 e. The van der Waals surface area contributed by atoms with Gasteiger partial charge in [0.05, 0.1) is 6.54 Å². The summed E-state index contributed by atoms with van der Waals surface area (Å²) in [5.74, 6) is -0.105. The van der Waals surface area contributed by atoms with Crippen LogP contribution in [0.2, 0.25) is 0 Å². The van der Waals surface area contributed by atoms with E-state index in [4.69, 9.17) is 0 Å². The summed E-state index contributed by atoms with van der Waals surface area (Å²) in [6, 6.07) is 7.20. The third-order valence-corrected chi connectivity index (χ3v) is 3.97. The molecule has 5 heteroatoms. The van der Waals surface area contributed by atoms with Gasteiger partial charge in [0.25, 0.3) is 0 Å². The SMILES string of the molecule is CC(C)NC(=O)CN1CCN(Cc2ccc(F)cc2)C[C@@H]1C. The number of piperazine rings is 1. The number of nitrogens with zero attached hydrogens (tertiary/aromatic N) is 2. The molecule has 22 heavy (non-hydrogen) atoms. The van der Waals surface area contributed by atoms with Crippen LogP contribution in [0.1, 0.15) is 26.3 Å². The molecule has 0 spiro atoms. The van der Waals surface area contributed by atoms with Gasteiger partial charge in [0.1, 0.15) is 5.82 Å².